The van der Waals surface area contributed by atoms with Crippen molar-refractivity contribution in [2.45, 2.75) is 0 Å². The van der Waals surface area contributed by atoms with Crippen LogP contribution in [0.5, 0.6) is 0 Å². The minimum absolute atomic E-state index is 0.645. The molecule has 0 radical (unpaired) electrons. The molecule has 458 valence electrons. The van der Waals surface area contributed by atoms with Gasteiger partial charge >= 0.3 is 0 Å². The summed E-state index contributed by atoms with van der Waals surface area (Å²) in [5, 5.41) is 11.0. The van der Waals surface area contributed by atoms with E-state index in [1.807, 2.05) is 84.1 Å². The van der Waals surface area contributed by atoms with Crippen molar-refractivity contribution in [3.05, 3.63) is 340 Å². The fourth-order valence-corrected chi connectivity index (χ4v) is 15.7. The van der Waals surface area contributed by atoms with Gasteiger partial charge in [0, 0.05) is 91.5 Å². The first-order valence-electron chi connectivity index (χ1n) is 33.0. The molecule has 0 fully saturated rings. The number of benzene rings is 14. The van der Waals surface area contributed by atoms with Crippen LogP contribution in [0.15, 0.2) is 340 Å². The van der Waals surface area contributed by atoms with Crippen LogP contribution in [0.2, 0.25) is 0 Å². The number of hydrogen-bond donors (Lipinski definition) is 0. The van der Waals surface area contributed by atoms with Crippen molar-refractivity contribution in [3.8, 4) is 85.0 Å². The van der Waals surface area contributed by atoms with Crippen molar-refractivity contribution < 1.29 is 0 Å². The number of para-hydroxylation sites is 5. The van der Waals surface area contributed by atoms with E-state index in [0.29, 0.717) is 23.4 Å². The molecule has 0 saturated heterocycles. The Hall–Kier alpha value is -13.0. The second-order valence-corrected chi connectivity index (χ2v) is 25.8. The molecule has 8 nitrogen and oxygen atoms in total. The van der Waals surface area contributed by atoms with Crippen molar-refractivity contribution in [1.29, 1.82) is 0 Å². The van der Waals surface area contributed by atoms with Crippen LogP contribution in [0, 0.1) is 0 Å². The fraction of sp³-hybridized carbons (Fsp3) is 0. The van der Waals surface area contributed by atoms with E-state index in [4.69, 9.17) is 24.9 Å². The molecule has 9 heteroatoms. The van der Waals surface area contributed by atoms with E-state index in [-0.39, 0.29) is 0 Å². The maximum Gasteiger partial charge on any atom is 0.235 e. The fourth-order valence-electron chi connectivity index (χ4n) is 14.4. The molecule has 0 bridgehead atoms. The molecule has 0 aliphatic rings. The summed E-state index contributed by atoms with van der Waals surface area (Å²) in [5.74, 6) is 2.62. The monoisotopic (exact) mass is 1270 g/mol. The van der Waals surface area contributed by atoms with E-state index in [9.17, 15) is 0 Å². The van der Waals surface area contributed by atoms with Gasteiger partial charge in [0.1, 0.15) is 0 Å². The first kappa shape index (κ1) is 56.6. The Morgan fingerprint density at radius 2 is 0.612 bits per heavy atom. The molecule has 0 atom stereocenters. The molecule has 0 aliphatic carbocycles. The Morgan fingerprint density at radius 1 is 0.224 bits per heavy atom. The number of hydrogen-bond acceptors (Lipinski definition) is 6. The predicted octanol–water partition coefficient (Wildman–Crippen LogP) is 23.2. The lowest BCUT2D eigenvalue weighted by Crippen LogP contribution is -2.03. The van der Waals surface area contributed by atoms with E-state index < -0.39 is 0 Å². The number of nitrogens with zero attached hydrogens (tertiary/aromatic N) is 8. The minimum atomic E-state index is 0.645. The molecule has 0 aliphatic heterocycles. The Balaban J connectivity index is 0.000000137. The maximum atomic E-state index is 5.23. The van der Waals surface area contributed by atoms with Crippen LogP contribution >= 0.6 is 11.3 Å². The molecule has 0 N–H and O–H groups in total. The minimum Gasteiger partial charge on any atom is -0.309 e. The Bertz CT molecular complexity index is 6420. The average Bonchev–Trinajstić information content (AvgIpc) is 1.61. The number of thiophene rings is 1. The summed E-state index contributed by atoms with van der Waals surface area (Å²) in [6.45, 7) is 0. The molecule has 14 aromatic carbocycles. The van der Waals surface area contributed by atoms with Crippen LogP contribution in [-0.4, -0.2) is 38.6 Å². The molecule has 0 spiro atoms. The van der Waals surface area contributed by atoms with Gasteiger partial charge in [-0.05, 0) is 125 Å². The third-order valence-corrected chi connectivity index (χ3v) is 20.2. The molecule has 20 aromatic rings. The molecule has 6 aromatic heterocycles. The summed E-state index contributed by atoms with van der Waals surface area (Å²) < 4.78 is 9.58. The lowest BCUT2D eigenvalue weighted by atomic mass is 10.0. The predicted molar refractivity (Wildman–Crippen MR) is 408 cm³/mol. The Kier molecular flexibility index (Phi) is 13.6. The standard InChI is InChI=1S/C45H28N4S.C44H28N4/c1-3-12-29(13-4-1)43-46-44(30-14-5-2-6-15-30)48-45(47-43)31-22-25-33(26-23-31)49-39-20-9-7-16-35(39)38-28-32(24-27-40(38)49)34-18-11-19-37-36-17-8-10-21-41(36)50-42(34)37;1-3-13-29(14-4-1)43-35-19-7-10-20-38(35)45-44(46-43)48-40-22-12-9-18-34(40)37-28-31(24-26-42(37)48)30-23-25-41-36(27-30)33-17-8-11-21-39(33)47(41)32-15-5-2-6-16-32/h1-28H;1-28H. The van der Waals surface area contributed by atoms with Gasteiger partial charge < -0.3 is 9.13 Å². The Labute approximate surface area is 567 Å². The van der Waals surface area contributed by atoms with Crippen LogP contribution in [-0.2, 0) is 0 Å². The van der Waals surface area contributed by atoms with Crippen LogP contribution in [0.1, 0.15) is 0 Å². The van der Waals surface area contributed by atoms with E-state index in [1.54, 1.807) is 0 Å². The second kappa shape index (κ2) is 23.5. The van der Waals surface area contributed by atoms with Gasteiger partial charge in [0.05, 0.1) is 44.3 Å². The number of rotatable bonds is 9. The summed E-state index contributed by atoms with van der Waals surface area (Å²) in [7, 11) is 0. The van der Waals surface area contributed by atoms with Gasteiger partial charge in [0.25, 0.3) is 0 Å². The van der Waals surface area contributed by atoms with Crippen molar-refractivity contribution in [3.63, 3.8) is 0 Å². The van der Waals surface area contributed by atoms with E-state index in [1.165, 1.54) is 96.8 Å². The third-order valence-electron chi connectivity index (χ3n) is 19.0. The highest BCUT2D eigenvalue weighted by Gasteiger charge is 2.21. The molecule has 6 heterocycles. The summed E-state index contributed by atoms with van der Waals surface area (Å²) in [6, 6.07) is 120. The summed E-state index contributed by atoms with van der Waals surface area (Å²) >= 11 is 1.87. The van der Waals surface area contributed by atoms with E-state index in [2.05, 4.69) is 281 Å². The molecule has 98 heavy (non-hydrogen) atoms. The van der Waals surface area contributed by atoms with Crippen LogP contribution < -0.4 is 0 Å². The van der Waals surface area contributed by atoms with Gasteiger partial charge in [-0.1, -0.05) is 237 Å². The van der Waals surface area contributed by atoms with Gasteiger partial charge in [-0.3, -0.25) is 4.57 Å². The normalized spacial score (nSPS) is 11.7. The SMILES string of the molecule is c1ccc(-c2nc(-c3ccccc3)nc(-c3ccc(-n4c5ccccc5c5cc(-c6cccc7c6sc6ccccc67)ccc54)cc3)n2)cc1.c1ccc(-c2nc(-n3c4ccccc4c4cc(-c5ccc6c(c5)c5ccccc5n6-c5ccccc5)ccc43)nc3ccccc23)cc1. The maximum absolute atomic E-state index is 5.23. The van der Waals surface area contributed by atoms with Crippen molar-refractivity contribution in [2.75, 3.05) is 0 Å². The first-order chi connectivity index (χ1) is 48.6. The number of fused-ring (bicyclic) bond motifs is 13. The van der Waals surface area contributed by atoms with E-state index in [0.717, 1.165) is 61.3 Å². The highest BCUT2D eigenvalue weighted by atomic mass is 32.1. The zero-order chi connectivity index (χ0) is 64.6. The Morgan fingerprint density at radius 3 is 1.17 bits per heavy atom. The highest BCUT2D eigenvalue weighted by molar-refractivity contribution is 7.26. The zero-order valence-electron chi connectivity index (χ0n) is 52.8. The smallest absolute Gasteiger partial charge is 0.235 e. The molecule has 20 rings (SSSR count). The first-order valence-corrected chi connectivity index (χ1v) is 33.8. The topological polar surface area (TPSA) is 79.2 Å². The van der Waals surface area contributed by atoms with Gasteiger partial charge in [-0.25, -0.2) is 24.9 Å². The third kappa shape index (κ3) is 9.62. The quantitative estimate of drug-likeness (QED) is 0.144. The molecule has 0 amide bonds. The van der Waals surface area contributed by atoms with Crippen molar-refractivity contribution in [1.82, 2.24) is 38.6 Å². The second-order valence-electron chi connectivity index (χ2n) is 24.7. The summed E-state index contributed by atoms with van der Waals surface area (Å²) in [4.78, 5) is 25.1. The lowest BCUT2D eigenvalue weighted by molar-refractivity contribution is 1.01. The summed E-state index contributed by atoms with van der Waals surface area (Å²) in [5.41, 5.74) is 19.8. The van der Waals surface area contributed by atoms with Crippen LogP contribution in [0.3, 0.4) is 0 Å². The van der Waals surface area contributed by atoms with Gasteiger partial charge in [-0.2, -0.15) is 0 Å². The van der Waals surface area contributed by atoms with Crippen molar-refractivity contribution in [2.24, 2.45) is 0 Å². The average molecular weight is 1270 g/mol. The van der Waals surface area contributed by atoms with Gasteiger partial charge in [-0.15, -0.1) is 11.3 Å². The largest absolute Gasteiger partial charge is 0.309 e. The molecular weight excluding hydrogens is 1210 g/mol. The van der Waals surface area contributed by atoms with Crippen molar-refractivity contribution >= 4 is 108 Å². The van der Waals surface area contributed by atoms with E-state index >= 15 is 0 Å². The molecule has 0 unspecified atom stereocenters. The zero-order valence-corrected chi connectivity index (χ0v) is 53.6. The van der Waals surface area contributed by atoms with Gasteiger partial charge in [0.2, 0.25) is 5.95 Å². The van der Waals surface area contributed by atoms with Crippen LogP contribution in [0.4, 0.5) is 0 Å². The van der Waals surface area contributed by atoms with Gasteiger partial charge in [0.15, 0.2) is 17.5 Å². The summed E-state index contributed by atoms with van der Waals surface area (Å²) in [6.07, 6.45) is 0. The molecular formula is C89H56N8S. The highest BCUT2D eigenvalue weighted by Crippen LogP contribution is 2.44. The molecule has 0 saturated carbocycles. The van der Waals surface area contributed by atoms with Crippen LogP contribution in [0.25, 0.3) is 181 Å². The number of aromatic nitrogens is 8. The lowest BCUT2D eigenvalue weighted by Gasteiger charge is -2.12.